The largest absolute Gasteiger partial charge is 0.385 e. The van der Waals surface area contributed by atoms with Crippen molar-refractivity contribution in [2.24, 2.45) is 0 Å². The van der Waals surface area contributed by atoms with E-state index in [9.17, 15) is 0 Å². The Hall–Kier alpha value is -1.02. The van der Waals surface area contributed by atoms with Crippen LogP contribution in [0, 0.1) is 0 Å². The van der Waals surface area contributed by atoms with Crippen molar-refractivity contribution in [3.05, 3.63) is 29.3 Å². The fraction of sp³-hybridized carbons (Fsp3) is 0.538. The molecule has 2 aliphatic heterocycles. The number of fused-ring (bicyclic) bond motifs is 1. The second-order valence-corrected chi connectivity index (χ2v) is 4.46. The van der Waals surface area contributed by atoms with Gasteiger partial charge in [0.2, 0.25) is 0 Å². The second-order valence-electron chi connectivity index (χ2n) is 4.46. The molecule has 0 unspecified atom stereocenters. The van der Waals surface area contributed by atoms with Crippen LogP contribution in [0.25, 0.3) is 0 Å². The monoisotopic (exact) mass is 203 g/mol. The van der Waals surface area contributed by atoms with Gasteiger partial charge in [0.05, 0.1) is 6.61 Å². The first-order chi connectivity index (χ1) is 7.45. The third kappa shape index (κ3) is 1.63. The van der Waals surface area contributed by atoms with Crippen molar-refractivity contribution < 1.29 is 4.74 Å². The summed E-state index contributed by atoms with van der Waals surface area (Å²) in [4.78, 5) is 0. The number of ether oxygens (including phenoxy) is 1. The summed E-state index contributed by atoms with van der Waals surface area (Å²) in [5, 5.41) is 3.49. The number of hydrogen-bond acceptors (Lipinski definition) is 2. The first-order valence-corrected chi connectivity index (χ1v) is 5.88. The van der Waals surface area contributed by atoms with Gasteiger partial charge < -0.3 is 10.1 Å². The minimum atomic E-state index is 0.639. The predicted octanol–water partition coefficient (Wildman–Crippen LogP) is 2.55. The second kappa shape index (κ2) is 3.86. The van der Waals surface area contributed by atoms with Gasteiger partial charge in [0.15, 0.2) is 0 Å². The van der Waals surface area contributed by atoms with Gasteiger partial charge in [-0.25, -0.2) is 0 Å². The van der Waals surface area contributed by atoms with E-state index in [1.807, 2.05) is 0 Å². The molecule has 1 atom stereocenters. The molecule has 0 aromatic heterocycles. The van der Waals surface area contributed by atoms with Crippen molar-refractivity contribution in [1.29, 1.82) is 0 Å². The Labute approximate surface area is 90.6 Å². The number of anilines is 1. The Bertz CT molecular complexity index is 356. The number of rotatable bonds is 1. The molecule has 0 aliphatic carbocycles. The smallest absolute Gasteiger partial charge is 0.0535 e. The summed E-state index contributed by atoms with van der Waals surface area (Å²) in [6, 6.07) is 6.66. The Morgan fingerprint density at radius 1 is 1.33 bits per heavy atom. The normalized spacial score (nSPS) is 24.7. The molecule has 1 saturated heterocycles. The van der Waals surface area contributed by atoms with Crippen LogP contribution in [0.15, 0.2) is 18.2 Å². The van der Waals surface area contributed by atoms with Crippen LogP contribution < -0.4 is 5.32 Å². The molecule has 2 heterocycles. The molecule has 1 aromatic rings. The van der Waals surface area contributed by atoms with E-state index in [1.54, 1.807) is 5.56 Å². The molecule has 1 N–H and O–H groups in total. The topological polar surface area (TPSA) is 21.3 Å². The maximum atomic E-state index is 5.48. The molecule has 80 valence electrons. The lowest BCUT2D eigenvalue weighted by molar-refractivity contribution is 0.194. The highest BCUT2D eigenvalue weighted by molar-refractivity contribution is 5.57. The molecule has 3 rings (SSSR count). The average Bonchev–Trinajstić information content (AvgIpc) is 2.82. The van der Waals surface area contributed by atoms with E-state index >= 15 is 0 Å². The van der Waals surface area contributed by atoms with Gasteiger partial charge in [-0.3, -0.25) is 0 Å². The van der Waals surface area contributed by atoms with Crippen molar-refractivity contribution in [3.63, 3.8) is 0 Å². The molecule has 0 radical (unpaired) electrons. The van der Waals surface area contributed by atoms with Gasteiger partial charge >= 0.3 is 0 Å². The van der Waals surface area contributed by atoms with Gasteiger partial charge in [-0.15, -0.1) is 0 Å². The Kier molecular flexibility index (Phi) is 2.37. The van der Waals surface area contributed by atoms with Crippen molar-refractivity contribution in [2.45, 2.75) is 25.2 Å². The molecule has 2 aliphatic rings. The maximum absolute atomic E-state index is 5.48. The first-order valence-electron chi connectivity index (χ1n) is 5.88. The van der Waals surface area contributed by atoms with E-state index in [2.05, 4.69) is 23.5 Å². The minimum Gasteiger partial charge on any atom is -0.385 e. The van der Waals surface area contributed by atoms with Crippen LogP contribution >= 0.6 is 0 Å². The van der Waals surface area contributed by atoms with Crippen LogP contribution in [0.1, 0.15) is 29.9 Å². The predicted molar refractivity (Wildman–Crippen MR) is 61.4 cm³/mol. The third-order valence-electron chi connectivity index (χ3n) is 3.50. The lowest BCUT2D eigenvalue weighted by atomic mass is 9.89. The first kappa shape index (κ1) is 9.22. The summed E-state index contributed by atoms with van der Waals surface area (Å²) < 4.78 is 5.48. The summed E-state index contributed by atoms with van der Waals surface area (Å²) in [5.41, 5.74) is 4.42. The summed E-state index contributed by atoms with van der Waals surface area (Å²) in [6.07, 6.45) is 3.68. The van der Waals surface area contributed by atoms with Crippen molar-refractivity contribution >= 4 is 5.69 Å². The van der Waals surface area contributed by atoms with Crippen LogP contribution in [0.4, 0.5) is 5.69 Å². The number of nitrogens with one attached hydrogen (secondary N) is 1. The van der Waals surface area contributed by atoms with Gasteiger partial charge in [-0.1, -0.05) is 12.1 Å². The summed E-state index contributed by atoms with van der Waals surface area (Å²) in [6.45, 7) is 2.97. The number of hydrogen-bond donors (Lipinski definition) is 1. The van der Waals surface area contributed by atoms with Gasteiger partial charge in [0.25, 0.3) is 0 Å². The maximum Gasteiger partial charge on any atom is 0.0535 e. The van der Waals surface area contributed by atoms with Crippen LogP contribution in [0.5, 0.6) is 0 Å². The highest BCUT2D eigenvalue weighted by atomic mass is 16.5. The van der Waals surface area contributed by atoms with Gasteiger partial charge in [0, 0.05) is 24.8 Å². The average molecular weight is 203 g/mol. The van der Waals surface area contributed by atoms with E-state index < -0.39 is 0 Å². The molecule has 0 amide bonds. The molecule has 1 fully saturated rings. The van der Waals surface area contributed by atoms with E-state index in [0.717, 1.165) is 19.8 Å². The molecule has 2 nitrogen and oxygen atoms in total. The molecule has 0 bridgehead atoms. The fourth-order valence-corrected chi connectivity index (χ4v) is 2.70. The molecule has 0 spiro atoms. The van der Waals surface area contributed by atoms with Gasteiger partial charge in [-0.2, -0.15) is 0 Å². The van der Waals surface area contributed by atoms with Gasteiger partial charge in [-0.05, 0) is 36.5 Å². The lowest BCUT2D eigenvalue weighted by Gasteiger charge is -2.23. The van der Waals surface area contributed by atoms with Crippen LogP contribution in [-0.4, -0.2) is 19.8 Å². The SMILES string of the molecule is c1cc2c(c([C@@H]3CCOC3)c1)CCCN2. The highest BCUT2D eigenvalue weighted by Gasteiger charge is 2.22. The molecule has 0 saturated carbocycles. The molecular weight excluding hydrogens is 186 g/mol. The number of benzene rings is 1. The zero-order valence-corrected chi connectivity index (χ0v) is 8.96. The molecular formula is C13H17NO. The van der Waals surface area contributed by atoms with Crippen LogP contribution in [0.3, 0.4) is 0 Å². The van der Waals surface area contributed by atoms with Crippen molar-refractivity contribution in [1.82, 2.24) is 0 Å². The van der Waals surface area contributed by atoms with Gasteiger partial charge in [0.1, 0.15) is 0 Å². The van der Waals surface area contributed by atoms with E-state index in [4.69, 9.17) is 4.74 Å². The molecule has 2 heteroatoms. The Morgan fingerprint density at radius 3 is 3.20 bits per heavy atom. The zero-order chi connectivity index (χ0) is 10.1. The van der Waals surface area contributed by atoms with E-state index in [-0.39, 0.29) is 0 Å². The molecule has 15 heavy (non-hydrogen) atoms. The quantitative estimate of drug-likeness (QED) is 0.757. The van der Waals surface area contributed by atoms with E-state index in [0.29, 0.717) is 5.92 Å². The third-order valence-corrected chi connectivity index (χ3v) is 3.50. The Balaban J connectivity index is 1.99. The summed E-state index contributed by atoms with van der Waals surface area (Å²) in [7, 11) is 0. The minimum absolute atomic E-state index is 0.639. The zero-order valence-electron chi connectivity index (χ0n) is 8.96. The van der Waals surface area contributed by atoms with Crippen molar-refractivity contribution in [3.8, 4) is 0 Å². The summed E-state index contributed by atoms with van der Waals surface area (Å²) >= 11 is 0. The van der Waals surface area contributed by atoms with Crippen LogP contribution in [0.2, 0.25) is 0 Å². The lowest BCUT2D eigenvalue weighted by Crippen LogP contribution is -2.15. The Morgan fingerprint density at radius 2 is 2.33 bits per heavy atom. The standard InChI is InChI=1S/C13H17NO/c1-3-11(10-6-8-15-9-10)12-4-2-7-14-13(12)5-1/h1,3,5,10,14H,2,4,6-9H2/t10-/m1/s1. The van der Waals surface area contributed by atoms with Crippen molar-refractivity contribution in [2.75, 3.05) is 25.1 Å². The highest BCUT2D eigenvalue weighted by Crippen LogP contribution is 2.33. The van der Waals surface area contributed by atoms with E-state index in [1.165, 1.54) is 30.5 Å². The summed E-state index contributed by atoms with van der Waals surface area (Å²) in [5.74, 6) is 0.639. The molecule has 1 aromatic carbocycles. The van der Waals surface area contributed by atoms with Crippen LogP contribution in [-0.2, 0) is 11.2 Å². The fourth-order valence-electron chi connectivity index (χ4n) is 2.70.